The number of hydrogen-bond donors (Lipinski definition) is 3. The Morgan fingerprint density at radius 1 is 1.67 bits per heavy atom. The van der Waals surface area contributed by atoms with Gasteiger partial charge in [0.15, 0.2) is 0 Å². The number of halogens is 2. The molecule has 1 unspecified atom stereocenters. The highest BCUT2D eigenvalue weighted by atomic mass is 19.3. The molecule has 0 aliphatic carbocycles. The van der Waals surface area contributed by atoms with Crippen LogP contribution in [0.3, 0.4) is 0 Å². The van der Waals surface area contributed by atoms with Crippen LogP contribution in [0.25, 0.3) is 0 Å². The molecule has 1 atom stereocenters. The lowest BCUT2D eigenvalue weighted by Crippen LogP contribution is -2.49. The largest absolute Gasteiger partial charge is 0.465 e. The van der Waals surface area contributed by atoms with Crippen molar-refractivity contribution >= 4 is 6.09 Å². The van der Waals surface area contributed by atoms with Gasteiger partial charge in [-0.05, 0) is 6.92 Å². The molecule has 0 aromatic rings. The first-order valence-corrected chi connectivity index (χ1v) is 3.30. The van der Waals surface area contributed by atoms with Crippen LogP contribution in [-0.4, -0.2) is 34.9 Å². The lowest BCUT2D eigenvalue weighted by molar-refractivity contribution is 0.0670. The molecule has 0 aliphatic rings. The van der Waals surface area contributed by atoms with E-state index >= 15 is 0 Å². The summed E-state index contributed by atoms with van der Waals surface area (Å²) in [4.78, 5) is 10.1. The quantitative estimate of drug-likeness (QED) is 0.599. The number of carboxylic acid groups (broad SMARTS) is 1. The number of rotatable bonds is 4. The van der Waals surface area contributed by atoms with Gasteiger partial charge in [-0.25, -0.2) is 13.6 Å². The van der Waals surface area contributed by atoms with Crippen LogP contribution < -0.4 is 5.32 Å². The Morgan fingerprint density at radius 2 is 2.17 bits per heavy atom. The Balaban J connectivity index is 4.13. The minimum absolute atomic E-state index is 0.649. The van der Waals surface area contributed by atoms with E-state index in [1.54, 1.807) is 0 Å². The average molecular weight is 183 g/mol. The molecule has 0 rings (SSSR count). The highest BCUT2D eigenvalue weighted by Crippen LogP contribution is 2.14. The van der Waals surface area contributed by atoms with Crippen molar-refractivity contribution in [3.05, 3.63) is 0 Å². The summed E-state index contributed by atoms with van der Waals surface area (Å²) in [6.07, 6.45) is -4.77. The molecule has 12 heavy (non-hydrogen) atoms. The molecule has 0 bridgehead atoms. The van der Waals surface area contributed by atoms with Gasteiger partial charge < -0.3 is 15.5 Å². The second-order valence-electron chi connectivity index (χ2n) is 2.74. The monoisotopic (exact) mass is 183 g/mol. The van der Waals surface area contributed by atoms with Gasteiger partial charge in [-0.3, -0.25) is 0 Å². The van der Waals surface area contributed by atoms with E-state index in [4.69, 9.17) is 10.2 Å². The van der Waals surface area contributed by atoms with E-state index in [0.717, 1.165) is 0 Å². The molecule has 0 aromatic heterocycles. The number of nitrogens with one attached hydrogen (secondary N) is 1. The zero-order valence-electron chi connectivity index (χ0n) is 6.55. The van der Waals surface area contributed by atoms with Crippen LogP contribution in [-0.2, 0) is 0 Å². The van der Waals surface area contributed by atoms with Gasteiger partial charge >= 0.3 is 6.09 Å². The molecule has 0 spiro atoms. The van der Waals surface area contributed by atoms with Gasteiger partial charge in [0, 0.05) is 6.42 Å². The summed E-state index contributed by atoms with van der Waals surface area (Å²) in [7, 11) is 0. The van der Waals surface area contributed by atoms with Crippen molar-refractivity contribution in [1.29, 1.82) is 0 Å². The summed E-state index contributed by atoms with van der Waals surface area (Å²) in [5, 5.41) is 18.7. The minimum atomic E-state index is -2.64. The SMILES string of the molecule is CC(CO)(CC(F)F)NC(=O)O. The van der Waals surface area contributed by atoms with Crippen LogP contribution in [0.2, 0.25) is 0 Å². The fourth-order valence-electron chi connectivity index (χ4n) is 0.754. The first-order chi connectivity index (χ1) is 5.39. The molecule has 0 saturated heterocycles. The van der Waals surface area contributed by atoms with Gasteiger partial charge in [0.05, 0.1) is 12.1 Å². The van der Waals surface area contributed by atoms with Gasteiger partial charge in [-0.1, -0.05) is 0 Å². The van der Waals surface area contributed by atoms with Crippen LogP contribution in [0.1, 0.15) is 13.3 Å². The fourth-order valence-corrected chi connectivity index (χ4v) is 0.754. The van der Waals surface area contributed by atoms with E-state index in [1.165, 1.54) is 6.92 Å². The molecule has 3 N–H and O–H groups in total. The summed E-state index contributed by atoms with van der Waals surface area (Å²) in [5.74, 6) is 0. The van der Waals surface area contributed by atoms with Gasteiger partial charge in [-0.15, -0.1) is 0 Å². The Bertz CT molecular complexity index is 165. The highest BCUT2D eigenvalue weighted by Gasteiger charge is 2.29. The van der Waals surface area contributed by atoms with E-state index in [-0.39, 0.29) is 0 Å². The number of hydrogen-bond acceptors (Lipinski definition) is 2. The van der Waals surface area contributed by atoms with Crippen LogP contribution in [0, 0.1) is 0 Å². The summed E-state index contributed by atoms with van der Waals surface area (Å²) in [5.41, 5.74) is -1.46. The minimum Gasteiger partial charge on any atom is -0.465 e. The summed E-state index contributed by atoms with van der Waals surface area (Å²) >= 11 is 0. The number of amides is 1. The first-order valence-electron chi connectivity index (χ1n) is 3.30. The molecule has 4 nitrogen and oxygen atoms in total. The maximum atomic E-state index is 11.8. The normalized spacial score (nSPS) is 15.8. The zero-order chi connectivity index (χ0) is 9.78. The van der Waals surface area contributed by atoms with Crippen molar-refractivity contribution in [1.82, 2.24) is 5.32 Å². The van der Waals surface area contributed by atoms with Crippen molar-refractivity contribution in [2.45, 2.75) is 25.3 Å². The third kappa shape index (κ3) is 4.07. The number of alkyl halides is 2. The molecule has 0 aromatic carbocycles. The summed E-state index contributed by atoms with van der Waals surface area (Å²) in [6.45, 7) is 0.566. The maximum absolute atomic E-state index is 11.8. The number of aliphatic hydroxyl groups is 1. The average Bonchev–Trinajstić information content (AvgIpc) is 1.83. The van der Waals surface area contributed by atoms with Crippen molar-refractivity contribution in [2.75, 3.05) is 6.61 Å². The van der Waals surface area contributed by atoms with Crippen molar-refractivity contribution in [3.63, 3.8) is 0 Å². The van der Waals surface area contributed by atoms with E-state index in [2.05, 4.69) is 0 Å². The molecular weight excluding hydrogens is 172 g/mol. The molecule has 0 saturated carbocycles. The van der Waals surface area contributed by atoms with Crippen LogP contribution in [0.5, 0.6) is 0 Å². The fraction of sp³-hybridized carbons (Fsp3) is 0.833. The molecule has 0 radical (unpaired) electrons. The molecular formula is C6H11F2NO3. The van der Waals surface area contributed by atoms with E-state index in [1.807, 2.05) is 5.32 Å². The smallest absolute Gasteiger partial charge is 0.405 e. The Kier molecular flexibility index (Phi) is 3.88. The zero-order valence-corrected chi connectivity index (χ0v) is 6.55. The summed E-state index contributed by atoms with van der Waals surface area (Å²) in [6, 6.07) is 0. The number of carbonyl (C=O) groups is 1. The van der Waals surface area contributed by atoms with E-state index in [0.29, 0.717) is 0 Å². The lowest BCUT2D eigenvalue weighted by atomic mass is 10.00. The first kappa shape index (κ1) is 11.1. The Hall–Kier alpha value is -0.910. The topological polar surface area (TPSA) is 69.6 Å². The molecule has 6 heteroatoms. The van der Waals surface area contributed by atoms with E-state index in [9.17, 15) is 13.6 Å². The molecule has 0 heterocycles. The summed E-state index contributed by atoms with van der Waals surface area (Å²) < 4.78 is 23.6. The molecule has 1 amide bonds. The molecule has 0 aliphatic heterocycles. The van der Waals surface area contributed by atoms with Gasteiger partial charge in [0.1, 0.15) is 0 Å². The van der Waals surface area contributed by atoms with Crippen molar-refractivity contribution in [3.8, 4) is 0 Å². The second kappa shape index (κ2) is 4.20. The predicted molar refractivity (Wildman–Crippen MR) is 37.3 cm³/mol. The maximum Gasteiger partial charge on any atom is 0.405 e. The standard InChI is InChI=1S/C6H11F2NO3/c1-6(3-10,2-4(7)8)9-5(11)12/h4,9-10H,2-3H2,1H3,(H,11,12). The lowest BCUT2D eigenvalue weighted by Gasteiger charge is -2.26. The van der Waals surface area contributed by atoms with Crippen molar-refractivity contribution in [2.24, 2.45) is 0 Å². The second-order valence-corrected chi connectivity index (χ2v) is 2.74. The Labute approximate surface area is 68.2 Å². The van der Waals surface area contributed by atoms with Crippen LogP contribution in [0.4, 0.5) is 13.6 Å². The van der Waals surface area contributed by atoms with Crippen LogP contribution >= 0.6 is 0 Å². The van der Waals surface area contributed by atoms with Gasteiger partial charge in [0.2, 0.25) is 6.43 Å². The van der Waals surface area contributed by atoms with Gasteiger partial charge in [-0.2, -0.15) is 0 Å². The Morgan fingerprint density at radius 3 is 2.42 bits per heavy atom. The van der Waals surface area contributed by atoms with Gasteiger partial charge in [0.25, 0.3) is 0 Å². The predicted octanol–water partition coefficient (Wildman–Crippen LogP) is 0.660. The molecule has 0 fully saturated rings. The third-order valence-corrected chi connectivity index (χ3v) is 1.36. The highest BCUT2D eigenvalue weighted by molar-refractivity contribution is 5.65. The van der Waals surface area contributed by atoms with E-state index < -0.39 is 31.1 Å². The van der Waals surface area contributed by atoms with Crippen molar-refractivity contribution < 1.29 is 23.8 Å². The molecule has 72 valence electrons. The number of aliphatic hydroxyl groups excluding tert-OH is 1. The van der Waals surface area contributed by atoms with Crippen LogP contribution in [0.15, 0.2) is 0 Å². The third-order valence-electron chi connectivity index (χ3n) is 1.36.